The lowest BCUT2D eigenvalue weighted by Crippen LogP contribution is -2.30. The summed E-state index contributed by atoms with van der Waals surface area (Å²) < 4.78 is 0. The van der Waals surface area contributed by atoms with E-state index in [9.17, 15) is 24.3 Å². The first-order valence-electron chi connectivity index (χ1n) is 14.4. The van der Waals surface area contributed by atoms with E-state index in [0.29, 0.717) is 11.3 Å². The fraction of sp³-hybridized carbons (Fsp3) is 0.0270. The molecule has 0 spiro atoms. The molecule has 5 aromatic rings. The van der Waals surface area contributed by atoms with Gasteiger partial charge in [0.05, 0.1) is 5.75 Å². The summed E-state index contributed by atoms with van der Waals surface area (Å²) in [5.74, 6) is -2.97. The number of carboxylic acid groups (broad SMARTS) is 1. The monoisotopic (exact) mass is 643 g/mol. The van der Waals surface area contributed by atoms with E-state index in [1.54, 1.807) is 60.7 Å². The van der Waals surface area contributed by atoms with Crippen molar-refractivity contribution in [2.45, 2.75) is 4.90 Å². The van der Waals surface area contributed by atoms with E-state index in [-0.39, 0.29) is 28.6 Å². The Labute approximate surface area is 275 Å². The van der Waals surface area contributed by atoms with Gasteiger partial charge in [0, 0.05) is 21.8 Å². The molecule has 0 atom stereocenters. The maximum absolute atomic E-state index is 13.4. The SMILES string of the molecule is O=C(CSc1ccc(NC(=O)/C(=C/c2ccc(-c3ccccc3)cc2)NC(=O)c2ccccc2)cc1)Nc1ccc(O)c(C(=O)O)c1. The van der Waals surface area contributed by atoms with Gasteiger partial charge in [-0.25, -0.2) is 4.79 Å². The molecule has 0 saturated carbocycles. The van der Waals surface area contributed by atoms with Crippen molar-refractivity contribution in [3.63, 3.8) is 0 Å². The smallest absolute Gasteiger partial charge is 0.339 e. The lowest BCUT2D eigenvalue weighted by molar-refractivity contribution is -0.114. The molecule has 5 N–H and O–H groups in total. The molecule has 234 valence electrons. The molecule has 0 heterocycles. The van der Waals surface area contributed by atoms with Crippen LogP contribution in [-0.4, -0.2) is 39.7 Å². The number of carbonyl (C=O) groups is 4. The second-order valence-corrected chi connectivity index (χ2v) is 11.3. The summed E-state index contributed by atoms with van der Waals surface area (Å²) in [5, 5.41) is 27.0. The Hall–Kier alpha value is -6.13. The van der Waals surface area contributed by atoms with Crippen LogP contribution in [0.3, 0.4) is 0 Å². The van der Waals surface area contributed by atoms with Gasteiger partial charge in [-0.3, -0.25) is 14.4 Å². The molecule has 0 aliphatic carbocycles. The minimum absolute atomic E-state index is 0.0381. The number of aromatic hydroxyl groups is 1. The molecule has 5 rings (SSSR count). The standard InChI is InChI=1S/C37H29N3O6S/c41-33-20-17-29(22-31(33)37(45)46)38-34(42)23-47-30-18-15-28(16-19-30)39-36(44)32(40-35(43)27-9-5-2-6-10-27)21-24-11-13-26(14-12-24)25-7-3-1-4-8-25/h1-22,41H,23H2,(H,38,42)(H,39,44)(H,40,43)(H,45,46)/b32-21-. The molecule has 0 radical (unpaired) electrons. The van der Waals surface area contributed by atoms with Crippen molar-refractivity contribution in [2.75, 3.05) is 16.4 Å². The predicted molar refractivity (Wildman–Crippen MR) is 183 cm³/mol. The summed E-state index contributed by atoms with van der Waals surface area (Å²) in [6, 6.07) is 36.8. The van der Waals surface area contributed by atoms with Gasteiger partial charge >= 0.3 is 5.97 Å². The molecule has 0 unspecified atom stereocenters. The second-order valence-electron chi connectivity index (χ2n) is 10.2. The molecular formula is C37H29N3O6S. The van der Waals surface area contributed by atoms with Crippen LogP contribution in [0, 0.1) is 0 Å². The number of phenols is 1. The minimum Gasteiger partial charge on any atom is -0.507 e. The van der Waals surface area contributed by atoms with Gasteiger partial charge in [-0.05, 0) is 77.4 Å². The molecule has 5 aromatic carbocycles. The number of nitrogens with one attached hydrogen (secondary N) is 3. The Morgan fingerprint density at radius 3 is 1.96 bits per heavy atom. The third-order valence-electron chi connectivity index (χ3n) is 6.85. The van der Waals surface area contributed by atoms with Gasteiger partial charge in [0.2, 0.25) is 5.91 Å². The van der Waals surface area contributed by atoms with Crippen molar-refractivity contribution in [1.29, 1.82) is 0 Å². The minimum atomic E-state index is -1.31. The van der Waals surface area contributed by atoms with Gasteiger partial charge < -0.3 is 26.2 Å². The zero-order valence-corrected chi connectivity index (χ0v) is 25.7. The van der Waals surface area contributed by atoms with Crippen LogP contribution in [0.4, 0.5) is 11.4 Å². The van der Waals surface area contributed by atoms with Gasteiger partial charge in [-0.15, -0.1) is 11.8 Å². The Bertz CT molecular complexity index is 1930. The number of anilines is 2. The van der Waals surface area contributed by atoms with Crippen LogP contribution in [0.15, 0.2) is 138 Å². The van der Waals surface area contributed by atoms with E-state index in [1.165, 1.54) is 30.0 Å². The zero-order chi connectivity index (χ0) is 33.2. The highest BCUT2D eigenvalue weighted by atomic mass is 32.2. The van der Waals surface area contributed by atoms with Crippen LogP contribution in [-0.2, 0) is 9.59 Å². The molecule has 9 nitrogen and oxygen atoms in total. The highest BCUT2D eigenvalue weighted by Crippen LogP contribution is 2.24. The molecule has 47 heavy (non-hydrogen) atoms. The average molecular weight is 644 g/mol. The maximum Gasteiger partial charge on any atom is 0.339 e. The normalized spacial score (nSPS) is 10.9. The molecule has 0 aromatic heterocycles. The number of benzene rings is 5. The fourth-order valence-electron chi connectivity index (χ4n) is 4.48. The number of carboxylic acids is 1. The summed E-state index contributed by atoms with van der Waals surface area (Å²) in [5.41, 5.74) is 3.68. The van der Waals surface area contributed by atoms with Crippen molar-refractivity contribution in [1.82, 2.24) is 5.32 Å². The molecule has 10 heteroatoms. The van der Waals surface area contributed by atoms with Gasteiger partial charge in [0.15, 0.2) is 0 Å². The number of amides is 3. The molecule has 3 amide bonds. The number of thioether (sulfide) groups is 1. The molecule has 0 fully saturated rings. The number of carbonyl (C=O) groups excluding carboxylic acids is 3. The Morgan fingerprint density at radius 2 is 1.30 bits per heavy atom. The van der Waals surface area contributed by atoms with Crippen LogP contribution < -0.4 is 16.0 Å². The van der Waals surface area contributed by atoms with E-state index in [0.717, 1.165) is 21.6 Å². The van der Waals surface area contributed by atoms with E-state index in [1.807, 2.05) is 54.6 Å². The van der Waals surface area contributed by atoms with Gasteiger partial charge in [0.1, 0.15) is 17.0 Å². The summed E-state index contributed by atoms with van der Waals surface area (Å²) in [6.45, 7) is 0. The Morgan fingerprint density at radius 1 is 0.681 bits per heavy atom. The van der Waals surface area contributed by atoms with Crippen LogP contribution in [0.25, 0.3) is 17.2 Å². The zero-order valence-electron chi connectivity index (χ0n) is 24.8. The highest BCUT2D eigenvalue weighted by Gasteiger charge is 2.16. The van der Waals surface area contributed by atoms with E-state index < -0.39 is 23.5 Å². The van der Waals surface area contributed by atoms with Crippen molar-refractivity contribution in [3.05, 3.63) is 150 Å². The third-order valence-corrected chi connectivity index (χ3v) is 7.86. The van der Waals surface area contributed by atoms with Crippen LogP contribution in [0.1, 0.15) is 26.3 Å². The molecule has 0 aliphatic heterocycles. The van der Waals surface area contributed by atoms with E-state index in [2.05, 4.69) is 16.0 Å². The first-order valence-corrected chi connectivity index (χ1v) is 15.4. The van der Waals surface area contributed by atoms with Gasteiger partial charge in [-0.1, -0.05) is 72.8 Å². The second kappa shape index (κ2) is 15.2. The summed E-state index contributed by atoms with van der Waals surface area (Å²) in [4.78, 5) is 50.8. The van der Waals surface area contributed by atoms with Crippen molar-refractivity contribution >= 4 is 52.9 Å². The number of hydrogen-bond acceptors (Lipinski definition) is 6. The molecule has 0 aliphatic rings. The van der Waals surface area contributed by atoms with Crippen molar-refractivity contribution in [2.24, 2.45) is 0 Å². The Kier molecular flexibility index (Phi) is 10.5. The maximum atomic E-state index is 13.4. The van der Waals surface area contributed by atoms with E-state index in [4.69, 9.17) is 5.11 Å². The average Bonchev–Trinajstić information content (AvgIpc) is 3.09. The summed E-state index contributed by atoms with van der Waals surface area (Å²) in [6.07, 6.45) is 1.61. The number of hydrogen-bond donors (Lipinski definition) is 5. The summed E-state index contributed by atoms with van der Waals surface area (Å²) in [7, 11) is 0. The van der Waals surface area contributed by atoms with Crippen molar-refractivity contribution < 1.29 is 29.4 Å². The summed E-state index contributed by atoms with van der Waals surface area (Å²) >= 11 is 1.24. The molecule has 0 bridgehead atoms. The van der Waals surface area contributed by atoms with Gasteiger partial charge in [0.25, 0.3) is 11.8 Å². The quantitative estimate of drug-likeness (QED) is 0.0598. The lowest BCUT2D eigenvalue weighted by atomic mass is 10.0. The van der Waals surface area contributed by atoms with Crippen LogP contribution in [0.5, 0.6) is 5.75 Å². The third kappa shape index (κ3) is 8.96. The van der Waals surface area contributed by atoms with Gasteiger partial charge in [-0.2, -0.15) is 0 Å². The lowest BCUT2D eigenvalue weighted by Gasteiger charge is -2.12. The molecular weight excluding hydrogens is 614 g/mol. The van der Waals surface area contributed by atoms with Crippen LogP contribution >= 0.6 is 11.8 Å². The van der Waals surface area contributed by atoms with E-state index >= 15 is 0 Å². The first kappa shape index (κ1) is 32.3. The predicted octanol–water partition coefficient (Wildman–Crippen LogP) is 6.90. The fourth-order valence-corrected chi connectivity index (χ4v) is 5.17. The largest absolute Gasteiger partial charge is 0.507 e. The van der Waals surface area contributed by atoms with Crippen LogP contribution in [0.2, 0.25) is 0 Å². The van der Waals surface area contributed by atoms with Crippen molar-refractivity contribution in [3.8, 4) is 16.9 Å². The number of aromatic carboxylic acids is 1. The topological polar surface area (TPSA) is 145 Å². The Balaban J connectivity index is 1.24. The molecule has 0 saturated heterocycles. The number of rotatable bonds is 11. The first-order chi connectivity index (χ1) is 22.7. The highest BCUT2D eigenvalue weighted by molar-refractivity contribution is 8.00.